The van der Waals surface area contributed by atoms with Crippen molar-refractivity contribution in [1.82, 2.24) is 5.32 Å². The molecule has 0 aromatic rings. The van der Waals surface area contributed by atoms with E-state index in [0.29, 0.717) is 6.04 Å². The standard InChI is InChI=1S/C8H18BrN/c1-4-7(2)6-10-8(3)5-9/h7-8,10H,4-6H2,1-3H3. The van der Waals surface area contributed by atoms with Gasteiger partial charge in [-0.05, 0) is 19.4 Å². The molecule has 0 amide bonds. The molecule has 1 nitrogen and oxygen atoms in total. The van der Waals surface area contributed by atoms with Crippen molar-refractivity contribution >= 4 is 15.9 Å². The Labute approximate surface area is 72.7 Å². The predicted molar refractivity (Wildman–Crippen MR) is 50.7 cm³/mol. The minimum Gasteiger partial charge on any atom is -0.313 e. The molecule has 0 heterocycles. The number of alkyl halides is 1. The Kier molecular flexibility index (Phi) is 6.44. The lowest BCUT2D eigenvalue weighted by molar-refractivity contribution is 0.471. The maximum atomic E-state index is 3.44. The van der Waals surface area contributed by atoms with Crippen LogP contribution in [0.25, 0.3) is 0 Å². The Morgan fingerprint density at radius 3 is 2.40 bits per heavy atom. The molecule has 2 atom stereocenters. The van der Waals surface area contributed by atoms with Gasteiger partial charge in [0, 0.05) is 11.4 Å². The molecule has 10 heavy (non-hydrogen) atoms. The second-order valence-corrected chi connectivity index (χ2v) is 3.62. The third-order valence-corrected chi connectivity index (χ3v) is 2.71. The van der Waals surface area contributed by atoms with Crippen LogP contribution in [0.3, 0.4) is 0 Å². The SMILES string of the molecule is CCC(C)CNC(C)CBr. The maximum Gasteiger partial charge on any atom is 0.0183 e. The van der Waals surface area contributed by atoms with Crippen LogP contribution >= 0.6 is 15.9 Å². The van der Waals surface area contributed by atoms with Gasteiger partial charge in [0.2, 0.25) is 0 Å². The van der Waals surface area contributed by atoms with Crippen molar-refractivity contribution in [2.45, 2.75) is 33.2 Å². The van der Waals surface area contributed by atoms with Crippen LogP contribution in [0, 0.1) is 5.92 Å². The van der Waals surface area contributed by atoms with Crippen LogP contribution in [0.2, 0.25) is 0 Å². The average molecular weight is 208 g/mol. The third-order valence-electron chi connectivity index (χ3n) is 1.74. The monoisotopic (exact) mass is 207 g/mol. The van der Waals surface area contributed by atoms with Crippen LogP contribution in [-0.4, -0.2) is 17.9 Å². The van der Waals surface area contributed by atoms with E-state index in [4.69, 9.17) is 0 Å². The number of rotatable bonds is 5. The van der Waals surface area contributed by atoms with Gasteiger partial charge in [0.1, 0.15) is 0 Å². The van der Waals surface area contributed by atoms with Crippen LogP contribution in [-0.2, 0) is 0 Å². The molecule has 2 heteroatoms. The van der Waals surface area contributed by atoms with Gasteiger partial charge in [-0.25, -0.2) is 0 Å². The highest BCUT2D eigenvalue weighted by Gasteiger charge is 2.01. The van der Waals surface area contributed by atoms with Gasteiger partial charge in [-0.15, -0.1) is 0 Å². The fraction of sp³-hybridized carbons (Fsp3) is 1.00. The van der Waals surface area contributed by atoms with Gasteiger partial charge in [0.25, 0.3) is 0 Å². The quantitative estimate of drug-likeness (QED) is 0.684. The molecule has 62 valence electrons. The van der Waals surface area contributed by atoms with Gasteiger partial charge in [-0.2, -0.15) is 0 Å². The lowest BCUT2D eigenvalue weighted by atomic mass is 10.1. The van der Waals surface area contributed by atoms with Crippen LogP contribution < -0.4 is 5.32 Å². The third kappa shape index (κ3) is 5.24. The first-order chi connectivity index (χ1) is 4.70. The topological polar surface area (TPSA) is 12.0 Å². The summed E-state index contributed by atoms with van der Waals surface area (Å²) in [5.41, 5.74) is 0. The molecule has 0 aliphatic rings. The van der Waals surface area contributed by atoms with E-state index in [2.05, 4.69) is 42.0 Å². The smallest absolute Gasteiger partial charge is 0.0183 e. The predicted octanol–water partition coefficient (Wildman–Crippen LogP) is 2.41. The van der Waals surface area contributed by atoms with E-state index < -0.39 is 0 Å². The van der Waals surface area contributed by atoms with Crippen molar-refractivity contribution in [1.29, 1.82) is 0 Å². The van der Waals surface area contributed by atoms with Crippen molar-refractivity contribution in [3.8, 4) is 0 Å². The summed E-state index contributed by atoms with van der Waals surface area (Å²) in [6.45, 7) is 7.83. The van der Waals surface area contributed by atoms with Gasteiger partial charge in [-0.3, -0.25) is 0 Å². The van der Waals surface area contributed by atoms with Gasteiger partial charge in [-0.1, -0.05) is 36.2 Å². The highest BCUT2D eigenvalue weighted by atomic mass is 79.9. The second-order valence-electron chi connectivity index (χ2n) is 2.98. The Morgan fingerprint density at radius 1 is 1.40 bits per heavy atom. The molecule has 0 spiro atoms. The van der Waals surface area contributed by atoms with E-state index in [9.17, 15) is 0 Å². The molecule has 0 aliphatic heterocycles. The number of nitrogens with one attached hydrogen (secondary N) is 1. The molecule has 1 N–H and O–H groups in total. The number of hydrogen-bond donors (Lipinski definition) is 1. The van der Waals surface area contributed by atoms with Crippen LogP contribution in [0.5, 0.6) is 0 Å². The summed E-state index contributed by atoms with van der Waals surface area (Å²) in [6.07, 6.45) is 1.27. The first-order valence-electron chi connectivity index (χ1n) is 4.00. The number of hydrogen-bond acceptors (Lipinski definition) is 1. The van der Waals surface area contributed by atoms with E-state index in [1.165, 1.54) is 6.42 Å². The molecule has 0 aromatic heterocycles. The molecule has 0 saturated carbocycles. The zero-order valence-corrected chi connectivity index (χ0v) is 8.74. The number of halogens is 1. The summed E-state index contributed by atoms with van der Waals surface area (Å²) >= 11 is 3.42. The molecule has 0 aromatic carbocycles. The zero-order valence-electron chi connectivity index (χ0n) is 7.15. The van der Waals surface area contributed by atoms with Crippen LogP contribution in [0.15, 0.2) is 0 Å². The summed E-state index contributed by atoms with van der Waals surface area (Å²) in [5, 5.41) is 4.48. The summed E-state index contributed by atoms with van der Waals surface area (Å²) in [5.74, 6) is 0.807. The largest absolute Gasteiger partial charge is 0.313 e. The minimum absolute atomic E-state index is 0.606. The molecular formula is C8H18BrN. The van der Waals surface area contributed by atoms with Crippen molar-refractivity contribution in [2.75, 3.05) is 11.9 Å². The van der Waals surface area contributed by atoms with Crippen LogP contribution in [0.4, 0.5) is 0 Å². The van der Waals surface area contributed by atoms with E-state index in [1.807, 2.05) is 0 Å². The molecule has 0 bridgehead atoms. The molecule has 0 aliphatic carbocycles. The van der Waals surface area contributed by atoms with Gasteiger partial charge >= 0.3 is 0 Å². The van der Waals surface area contributed by atoms with Crippen molar-refractivity contribution in [3.63, 3.8) is 0 Å². The molecule has 2 unspecified atom stereocenters. The Morgan fingerprint density at radius 2 is 2.00 bits per heavy atom. The Balaban J connectivity index is 3.17. The van der Waals surface area contributed by atoms with Gasteiger partial charge < -0.3 is 5.32 Å². The normalized spacial score (nSPS) is 16.8. The molecule has 0 saturated heterocycles. The van der Waals surface area contributed by atoms with E-state index in [-0.39, 0.29) is 0 Å². The maximum absolute atomic E-state index is 3.44. The molecular weight excluding hydrogens is 190 g/mol. The Bertz CT molecular complexity index is 65.7. The summed E-state index contributed by atoms with van der Waals surface area (Å²) in [4.78, 5) is 0. The van der Waals surface area contributed by atoms with E-state index >= 15 is 0 Å². The average Bonchev–Trinajstić information content (AvgIpc) is 1.99. The minimum atomic E-state index is 0.606. The molecule has 0 radical (unpaired) electrons. The first kappa shape index (κ1) is 10.4. The lowest BCUT2D eigenvalue weighted by Gasteiger charge is -2.13. The van der Waals surface area contributed by atoms with E-state index in [1.54, 1.807) is 0 Å². The van der Waals surface area contributed by atoms with Crippen LogP contribution in [0.1, 0.15) is 27.2 Å². The summed E-state index contributed by atoms with van der Waals surface area (Å²) in [7, 11) is 0. The summed E-state index contributed by atoms with van der Waals surface area (Å²) < 4.78 is 0. The highest BCUT2D eigenvalue weighted by molar-refractivity contribution is 9.09. The molecule has 0 fully saturated rings. The zero-order chi connectivity index (χ0) is 7.98. The van der Waals surface area contributed by atoms with E-state index in [0.717, 1.165) is 17.8 Å². The second kappa shape index (κ2) is 6.17. The fourth-order valence-electron chi connectivity index (χ4n) is 0.601. The van der Waals surface area contributed by atoms with Crippen molar-refractivity contribution < 1.29 is 0 Å². The lowest BCUT2D eigenvalue weighted by Crippen LogP contribution is -2.31. The van der Waals surface area contributed by atoms with Crippen molar-refractivity contribution in [2.24, 2.45) is 5.92 Å². The van der Waals surface area contributed by atoms with Gasteiger partial charge in [0.05, 0.1) is 0 Å². The van der Waals surface area contributed by atoms with Gasteiger partial charge in [0.15, 0.2) is 0 Å². The highest BCUT2D eigenvalue weighted by Crippen LogP contribution is 1.98. The summed E-state index contributed by atoms with van der Waals surface area (Å²) in [6, 6.07) is 0.606. The molecule has 0 rings (SSSR count). The fourth-order valence-corrected chi connectivity index (χ4v) is 0.830. The first-order valence-corrected chi connectivity index (χ1v) is 5.12. The Hall–Kier alpha value is 0.440. The van der Waals surface area contributed by atoms with Crippen molar-refractivity contribution in [3.05, 3.63) is 0 Å².